The molecule has 0 heterocycles. The largest absolute Gasteiger partial charge is 0.478 e. The molecule has 0 amide bonds. The van der Waals surface area contributed by atoms with Gasteiger partial charge in [-0.05, 0) is 12.1 Å². The minimum atomic E-state index is -1.09. The summed E-state index contributed by atoms with van der Waals surface area (Å²) >= 11 is 0. The molecule has 1 rings (SSSR count). The van der Waals surface area contributed by atoms with E-state index in [0.29, 0.717) is 0 Å². The Kier molecular flexibility index (Phi) is 3.24. The van der Waals surface area contributed by atoms with Crippen molar-refractivity contribution < 1.29 is 24.8 Å². The Morgan fingerprint density at radius 3 is 2.69 bits per heavy atom. The predicted octanol–water partition coefficient (Wildman–Crippen LogP) is 1.21. The zero-order valence-electron chi connectivity index (χ0n) is 6.64. The monoisotopic (exact) mass is 184 g/mol. The van der Waals surface area contributed by atoms with Gasteiger partial charge in [0.2, 0.25) is 6.79 Å². The highest BCUT2D eigenvalue weighted by atomic mass is 17.1. The highest BCUT2D eigenvalue weighted by molar-refractivity contribution is 5.90. The molecule has 70 valence electrons. The minimum absolute atomic E-state index is 0.0274. The second kappa shape index (κ2) is 4.44. The average Bonchev–Trinajstić information content (AvgIpc) is 2.15. The second-order valence-electron chi connectivity index (χ2n) is 2.19. The summed E-state index contributed by atoms with van der Waals surface area (Å²) in [6.07, 6.45) is 0. The van der Waals surface area contributed by atoms with E-state index in [0.717, 1.165) is 0 Å². The maximum absolute atomic E-state index is 10.6. The first-order chi connectivity index (χ1) is 6.25. The van der Waals surface area contributed by atoms with Crippen LogP contribution in [-0.2, 0) is 4.89 Å². The van der Waals surface area contributed by atoms with Gasteiger partial charge in [-0.25, -0.2) is 10.1 Å². The zero-order valence-corrected chi connectivity index (χ0v) is 6.64. The molecule has 0 unspecified atom stereocenters. The van der Waals surface area contributed by atoms with Crippen molar-refractivity contribution in [3.63, 3.8) is 0 Å². The van der Waals surface area contributed by atoms with Gasteiger partial charge in [0.15, 0.2) is 0 Å². The van der Waals surface area contributed by atoms with E-state index < -0.39 is 12.8 Å². The van der Waals surface area contributed by atoms with Crippen LogP contribution < -0.4 is 4.74 Å². The Hall–Kier alpha value is -1.59. The van der Waals surface area contributed by atoms with E-state index in [2.05, 4.69) is 4.89 Å². The smallest absolute Gasteiger partial charge is 0.339 e. The Morgan fingerprint density at radius 2 is 2.08 bits per heavy atom. The first kappa shape index (κ1) is 9.50. The number of hydrogen-bond acceptors (Lipinski definition) is 4. The van der Waals surface area contributed by atoms with Crippen LogP contribution in [-0.4, -0.2) is 23.1 Å². The number of carbonyl (C=O) groups is 1. The Morgan fingerprint density at radius 1 is 1.38 bits per heavy atom. The lowest BCUT2D eigenvalue weighted by molar-refractivity contribution is -0.278. The lowest BCUT2D eigenvalue weighted by Crippen LogP contribution is -2.05. The molecule has 0 atom stereocenters. The SMILES string of the molecule is O=C(O)c1ccccc1OCOO. The van der Waals surface area contributed by atoms with Gasteiger partial charge in [-0.1, -0.05) is 12.1 Å². The van der Waals surface area contributed by atoms with Gasteiger partial charge in [0.05, 0.1) is 0 Å². The number of aromatic carboxylic acids is 1. The van der Waals surface area contributed by atoms with E-state index in [-0.39, 0.29) is 11.3 Å². The van der Waals surface area contributed by atoms with Gasteiger partial charge in [-0.15, -0.1) is 0 Å². The van der Waals surface area contributed by atoms with Crippen LogP contribution in [0.15, 0.2) is 24.3 Å². The summed E-state index contributed by atoms with van der Waals surface area (Å²) in [5.41, 5.74) is 0.0274. The lowest BCUT2D eigenvalue weighted by atomic mass is 10.2. The lowest BCUT2D eigenvalue weighted by Gasteiger charge is -2.05. The van der Waals surface area contributed by atoms with Crippen LogP contribution in [0.4, 0.5) is 0 Å². The molecule has 0 radical (unpaired) electrons. The number of carboxylic acids is 1. The fraction of sp³-hybridized carbons (Fsp3) is 0.125. The molecule has 0 saturated carbocycles. The van der Waals surface area contributed by atoms with Crippen LogP contribution >= 0.6 is 0 Å². The maximum atomic E-state index is 10.6. The van der Waals surface area contributed by atoms with Gasteiger partial charge in [0, 0.05) is 0 Å². The summed E-state index contributed by atoms with van der Waals surface area (Å²) in [7, 11) is 0. The maximum Gasteiger partial charge on any atom is 0.339 e. The molecule has 2 N–H and O–H groups in total. The normalized spacial score (nSPS) is 9.62. The molecule has 0 aromatic heterocycles. The van der Waals surface area contributed by atoms with Crippen LogP contribution in [0, 0.1) is 0 Å². The van der Waals surface area contributed by atoms with E-state index in [1.165, 1.54) is 12.1 Å². The van der Waals surface area contributed by atoms with E-state index in [4.69, 9.17) is 15.1 Å². The standard InChI is InChI=1S/C8H8O5/c9-8(10)6-3-1-2-4-7(6)12-5-13-11/h1-4,11H,5H2,(H,9,10). The Balaban J connectivity index is 2.84. The molecule has 5 heteroatoms. The summed E-state index contributed by atoms with van der Waals surface area (Å²) in [6.45, 7) is -0.399. The summed E-state index contributed by atoms with van der Waals surface area (Å²) in [4.78, 5) is 14.3. The number of para-hydroxylation sites is 1. The van der Waals surface area contributed by atoms with Gasteiger partial charge in [0.1, 0.15) is 11.3 Å². The predicted molar refractivity (Wildman–Crippen MR) is 42.6 cm³/mol. The number of carboxylic acid groups (broad SMARTS) is 1. The van der Waals surface area contributed by atoms with Crippen molar-refractivity contribution in [1.82, 2.24) is 0 Å². The highest BCUT2D eigenvalue weighted by Gasteiger charge is 2.09. The zero-order chi connectivity index (χ0) is 9.68. The Bertz CT molecular complexity index is 296. The van der Waals surface area contributed by atoms with Crippen LogP contribution in [0.1, 0.15) is 10.4 Å². The van der Waals surface area contributed by atoms with Gasteiger partial charge in [-0.2, -0.15) is 4.89 Å². The van der Waals surface area contributed by atoms with Crippen molar-refractivity contribution in [2.45, 2.75) is 0 Å². The fourth-order valence-electron chi connectivity index (χ4n) is 0.859. The van der Waals surface area contributed by atoms with Crippen molar-refractivity contribution in [3.05, 3.63) is 29.8 Å². The average molecular weight is 184 g/mol. The first-order valence-corrected chi connectivity index (χ1v) is 3.47. The van der Waals surface area contributed by atoms with Crippen LogP contribution in [0.5, 0.6) is 5.75 Å². The van der Waals surface area contributed by atoms with E-state index in [9.17, 15) is 4.79 Å². The fourth-order valence-corrected chi connectivity index (χ4v) is 0.859. The molecule has 5 nitrogen and oxygen atoms in total. The third-order valence-corrected chi connectivity index (χ3v) is 1.38. The number of hydrogen-bond donors (Lipinski definition) is 2. The number of benzene rings is 1. The van der Waals surface area contributed by atoms with Crippen molar-refractivity contribution in [2.75, 3.05) is 6.79 Å². The van der Waals surface area contributed by atoms with Crippen molar-refractivity contribution in [2.24, 2.45) is 0 Å². The van der Waals surface area contributed by atoms with Gasteiger partial charge >= 0.3 is 5.97 Å². The molecule has 0 bridgehead atoms. The van der Waals surface area contributed by atoms with E-state index in [1.54, 1.807) is 12.1 Å². The van der Waals surface area contributed by atoms with Crippen LogP contribution in [0.2, 0.25) is 0 Å². The molecule has 0 fully saturated rings. The second-order valence-corrected chi connectivity index (χ2v) is 2.19. The Labute approximate surface area is 74.1 Å². The minimum Gasteiger partial charge on any atom is -0.478 e. The highest BCUT2D eigenvalue weighted by Crippen LogP contribution is 2.17. The molecular formula is C8H8O5. The van der Waals surface area contributed by atoms with Gasteiger partial charge in [-0.3, -0.25) is 0 Å². The molecule has 0 saturated heterocycles. The summed E-state index contributed by atoms with van der Waals surface area (Å²) < 4.78 is 4.79. The molecule has 0 aliphatic heterocycles. The summed E-state index contributed by atoms with van der Waals surface area (Å²) in [5, 5.41) is 16.7. The topological polar surface area (TPSA) is 76.0 Å². The molecular weight excluding hydrogens is 176 g/mol. The van der Waals surface area contributed by atoms with Crippen LogP contribution in [0.3, 0.4) is 0 Å². The van der Waals surface area contributed by atoms with E-state index in [1.807, 2.05) is 0 Å². The van der Waals surface area contributed by atoms with Gasteiger partial charge in [0.25, 0.3) is 0 Å². The third-order valence-electron chi connectivity index (χ3n) is 1.38. The van der Waals surface area contributed by atoms with E-state index >= 15 is 0 Å². The van der Waals surface area contributed by atoms with Crippen molar-refractivity contribution in [1.29, 1.82) is 0 Å². The first-order valence-electron chi connectivity index (χ1n) is 3.47. The quantitative estimate of drug-likeness (QED) is 0.418. The molecule has 1 aromatic carbocycles. The van der Waals surface area contributed by atoms with Crippen molar-refractivity contribution in [3.8, 4) is 5.75 Å². The molecule has 0 spiro atoms. The molecule has 0 aliphatic rings. The third kappa shape index (κ3) is 2.43. The number of ether oxygens (including phenoxy) is 1. The summed E-state index contributed by atoms with van der Waals surface area (Å²) in [6, 6.07) is 6.08. The number of rotatable bonds is 4. The molecule has 0 aliphatic carbocycles. The van der Waals surface area contributed by atoms with Gasteiger partial charge < -0.3 is 9.84 Å². The van der Waals surface area contributed by atoms with Crippen molar-refractivity contribution >= 4 is 5.97 Å². The molecule has 13 heavy (non-hydrogen) atoms. The van der Waals surface area contributed by atoms with Crippen LogP contribution in [0.25, 0.3) is 0 Å². The summed E-state index contributed by atoms with van der Waals surface area (Å²) in [5.74, 6) is -0.933. The molecule has 1 aromatic rings.